The third-order valence-corrected chi connectivity index (χ3v) is 4.99. The second-order valence-electron chi connectivity index (χ2n) is 8.14. The van der Waals surface area contributed by atoms with E-state index in [2.05, 4.69) is 15.7 Å². The Balaban J connectivity index is 1.52. The molecule has 0 radical (unpaired) electrons. The first-order valence-corrected chi connectivity index (χ1v) is 9.79. The zero-order valence-corrected chi connectivity index (χ0v) is 17.1. The van der Waals surface area contributed by atoms with Gasteiger partial charge in [0.25, 0.3) is 5.91 Å². The predicted octanol–water partition coefficient (Wildman–Crippen LogP) is -1.55. The maximum atomic E-state index is 12.1. The fourth-order valence-corrected chi connectivity index (χ4v) is 3.54. The number of piperazine rings is 1. The number of nitrogens with zero attached hydrogens (tertiary/aromatic N) is 4. The summed E-state index contributed by atoms with van der Waals surface area (Å²) in [6.07, 6.45) is 0. The minimum Gasteiger partial charge on any atom is -0.347 e. The number of hydrogen-bond donors (Lipinski definition) is 3. The summed E-state index contributed by atoms with van der Waals surface area (Å²) < 4.78 is 4.08. The Hall–Kier alpha value is -2.10. The van der Waals surface area contributed by atoms with E-state index in [1.807, 2.05) is 51.1 Å². The molecular formula is C18H29N7OS+2. The van der Waals surface area contributed by atoms with Crippen molar-refractivity contribution in [2.24, 2.45) is 0 Å². The Morgan fingerprint density at radius 1 is 1.11 bits per heavy atom. The number of rotatable bonds is 5. The van der Waals surface area contributed by atoms with Crippen LogP contribution in [0.5, 0.6) is 0 Å². The molecule has 3 N–H and O–H groups in total. The van der Waals surface area contributed by atoms with E-state index in [1.54, 1.807) is 9.36 Å². The van der Waals surface area contributed by atoms with Gasteiger partial charge in [-0.1, -0.05) is 18.2 Å². The lowest BCUT2D eigenvalue weighted by Crippen LogP contribution is -3.28. The highest BCUT2D eigenvalue weighted by molar-refractivity contribution is 7.71. The van der Waals surface area contributed by atoms with Crippen LogP contribution in [-0.2, 0) is 11.5 Å². The third-order valence-electron chi connectivity index (χ3n) is 4.60. The van der Waals surface area contributed by atoms with Gasteiger partial charge in [-0.3, -0.25) is 4.79 Å². The molecule has 9 heteroatoms. The van der Waals surface area contributed by atoms with Gasteiger partial charge >= 0.3 is 0 Å². The van der Waals surface area contributed by atoms with Crippen LogP contribution in [0.15, 0.2) is 30.3 Å². The molecule has 1 aromatic heterocycles. The van der Waals surface area contributed by atoms with Gasteiger partial charge in [0.15, 0.2) is 13.2 Å². The number of benzene rings is 1. The van der Waals surface area contributed by atoms with Crippen LogP contribution in [0.25, 0.3) is 5.69 Å². The fraction of sp³-hybridized carbons (Fsp3) is 0.556. The summed E-state index contributed by atoms with van der Waals surface area (Å²) in [5.41, 5.74) is 0.743. The van der Waals surface area contributed by atoms with Crippen molar-refractivity contribution in [3.05, 3.63) is 35.1 Å². The highest BCUT2D eigenvalue weighted by Crippen LogP contribution is 2.04. The number of quaternary nitrogens is 2. The van der Waals surface area contributed by atoms with Gasteiger partial charge < -0.3 is 15.1 Å². The quantitative estimate of drug-likeness (QED) is 0.540. The number of tetrazole rings is 1. The number of nitrogens with one attached hydrogen (secondary N) is 3. The van der Waals surface area contributed by atoms with Crippen LogP contribution in [0.3, 0.4) is 0 Å². The molecule has 2 heterocycles. The van der Waals surface area contributed by atoms with Crippen molar-refractivity contribution >= 4 is 18.1 Å². The average molecular weight is 392 g/mol. The van der Waals surface area contributed by atoms with Crippen LogP contribution in [0.1, 0.15) is 20.8 Å². The van der Waals surface area contributed by atoms with Gasteiger partial charge in [-0.15, -0.1) is 0 Å². The molecule has 0 spiro atoms. The molecule has 0 saturated carbocycles. The van der Waals surface area contributed by atoms with Gasteiger partial charge in [-0.2, -0.15) is 9.36 Å². The molecule has 146 valence electrons. The second kappa shape index (κ2) is 8.28. The Bertz CT molecular complexity index is 816. The maximum Gasteiger partial charge on any atom is 0.275 e. The zero-order chi connectivity index (χ0) is 19.4. The van der Waals surface area contributed by atoms with Gasteiger partial charge in [0.2, 0.25) is 4.77 Å². The molecule has 1 aliphatic rings. The average Bonchev–Trinajstić information content (AvgIpc) is 2.96. The van der Waals surface area contributed by atoms with E-state index in [0.717, 1.165) is 31.9 Å². The molecule has 0 atom stereocenters. The Labute approximate surface area is 164 Å². The van der Waals surface area contributed by atoms with E-state index in [1.165, 1.54) is 9.80 Å². The molecule has 1 aliphatic heterocycles. The van der Waals surface area contributed by atoms with Crippen LogP contribution in [0, 0.1) is 4.77 Å². The highest BCUT2D eigenvalue weighted by Gasteiger charge is 2.26. The molecule has 27 heavy (non-hydrogen) atoms. The lowest BCUT2D eigenvalue weighted by molar-refractivity contribution is -1.02. The van der Waals surface area contributed by atoms with Gasteiger partial charge in [-0.25, -0.2) is 0 Å². The largest absolute Gasteiger partial charge is 0.347 e. The standard InChI is InChI=1S/C18H27N7OS/c1-18(2,3)19-16(26)13-22-9-11-23(12-10-22)14-24-17(27)25(21-20-24)15-7-5-4-6-8-15/h4-8H,9-14H2,1-3H3,(H,19,26)/p+2. The molecule has 2 aromatic rings. The van der Waals surface area contributed by atoms with Crippen LogP contribution >= 0.6 is 12.2 Å². The van der Waals surface area contributed by atoms with Crippen molar-refractivity contribution in [2.45, 2.75) is 33.0 Å². The zero-order valence-electron chi connectivity index (χ0n) is 16.2. The van der Waals surface area contributed by atoms with Crippen molar-refractivity contribution in [3.63, 3.8) is 0 Å². The lowest BCUT2D eigenvalue weighted by atomic mass is 10.1. The Morgan fingerprint density at radius 2 is 1.74 bits per heavy atom. The number of carbonyl (C=O) groups excluding carboxylic acids is 1. The Kier molecular flexibility index (Phi) is 6.03. The van der Waals surface area contributed by atoms with Gasteiger partial charge in [0, 0.05) is 5.54 Å². The maximum absolute atomic E-state index is 12.1. The van der Waals surface area contributed by atoms with E-state index in [9.17, 15) is 4.79 Å². The molecule has 0 unspecified atom stereocenters. The minimum absolute atomic E-state index is 0.119. The molecule has 1 saturated heterocycles. The number of hydrogen-bond acceptors (Lipinski definition) is 4. The Morgan fingerprint density at radius 3 is 2.37 bits per heavy atom. The molecular weight excluding hydrogens is 362 g/mol. The number of amides is 1. The molecule has 1 amide bonds. The molecule has 1 fully saturated rings. The first-order valence-electron chi connectivity index (χ1n) is 9.38. The van der Waals surface area contributed by atoms with Gasteiger partial charge in [0.05, 0.1) is 5.69 Å². The summed E-state index contributed by atoms with van der Waals surface area (Å²) in [5, 5.41) is 11.5. The van der Waals surface area contributed by atoms with Crippen molar-refractivity contribution in [1.82, 2.24) is 25.1 Å². The highest BCUT2D eigenvalue weighted by atomic mass is 32.1. The van der Waals surface area contributed by atoms with E-state index in [4.69, 9.17) is 12.2 Å². The van der Waals surface area contributed by atoms with Crippen LogP contribution < -0.4 is 15.1 Å². The number of para-hydroxylation sites is 1. The summed E-state index contributed by atoms with van der Waals surface area (Å²) >= 11 is 5.54. The number of aromatic nitrogens is 4. The van der Waals surface area contributed by atoms with Crippen LogP contribution in [0.4, 0.5) is 0 Å². The molecule has 3 rings (SSSR count). The topological polar surface area (TPSA) is 73.6 Å². The van der Waals surface area contributed by atoms with E-state index < -0.39 is 0 Å². The van der Waals surface area contributed by atoms with Crippen LogP contribution in [0.2, 0.25) is 0 Å². The molecule has 8 nitrogen and oxygen atoms in total. The second-order valence-corrected chi connectivity index (χ2v) is 8.51. The first-order chi connectivity index (χ1) is 12.8. The summed E-state index contributed by atoms with van der Waals surface area (Å²) in [7, 11) is 0. The predicted molar refractivity (Wildman–Crippen MR) is 104 cm³/mol. The van der Waals surface area contributed by atoms with E-state index >= 15 is 0 Å². The normalized spacial score (nSPS) is 20.4. The first kappa shape index (κ1) is 19.7. The monoisotopic (exact) mass is 391 g/mol. The van der Waals surface area contributed by atoms with E-state index in [-0.39, 0.29) is 11.4 Å². The minimum atomic E-state index is -0.176. The molecule has 0 aliphatic carbocycles. The van der Waals surface area contributed by atoms with Crippen molar-refractivity contribution in [1.29, 1.82) is 0 Å². The van der Waals surface area contributed by atoms with Crippen LogP contribution in [-0.4, -0.2) is 64.0 Å². The summed E-state index contributed by atoms with van der Waals surface area (Å²) in [4.78, 5) is 14.8. The van der Waals surface area contributed by atoms with Crippen molar-refractivity contribution in [2.75, 3.05) is 32.7 Å². The summed E-state index contributed by atoms with van der Waals surface area (Å²) in [5.74, 6) is 0.119. The summed E-state index contributed by atoms with van der Waals surface area (Å²) in [6.45, 7) is 11.2. The SMILES string of the molecule is CC(C)(C)NC(=O)C[NH+]1CC[NH+](Cn2nnn(-c3ccccc3)c2=S)CC1. The third kappa shape index (κ3) is 5.44. The number of carbonyl (C=O) groups is 1. The van der Waals surface area contributed by atoms with E-state index in [0.29, 0.717) is 18.0 Å². The smallest absolute Gasteiger partial charge is 0.275 e. The summed E-state index contributed by atoms with van der Waals surface area (Å²) in [6, 6.07) is 9.81. The van der Waals surface area contributed by atoms with Gasteiger partial charge in [-0.05, 0) is 55.5 Å². The van der Waals surface area contributed by atoms with Crippen molar-refractivity contribution in [3.8, 4) is 5.69 Å². The molecule has 0 bridgehead atoms. The fourth-order valence-electron chi connectivity index (χ4n) is 3.30. The van der Waals surface area contributed by atoms with Gasteiger partial charge in [0.1, 0.15) is 26.2 Å². The molecule has 1 aromatic carbocycles. The van der Waals surface area contributed by atoms with Crippen molar-refractivity contribution < 1.29 is 14.6 Å². The lowest BCUT2D eigenvalue weighted by Gasteiger charge is -2.30.